The number of halogens is 1. The second-order valence-electron chi connectivity index (χ2n) is 10.4. The van der Waals surface area contributed by atoms with E-state index in [0.717, 1.165) is 16.7 Å². The van der Waals surface area contributed by atoms with Gasteiger partial charge in [0, 0.05) is 44.2 Å². The van der Waals surface area contributed by atoms with E-state index in [4.69, 9.17) is 11.5 Å². The first-order valence-corrected chi connectivity index (χ1v) is 14.3. The number of carbonyl (C=O) groups excluding carboxylic acids is 2. The Morgan fingerprint density at radius 1 is 1.02 bits per heavy atom. The average Bonchev–Trinajstić information content (AvgIpc) is 3.15. The molecule has 2 unspecified atom stereocenters. The quantitative estimate of drug-likeness (QED) is 0.115. The minimum atomic E-state index is -0.439. The van der Waals surface area contributed by atoms with Gasteiger partial charge in [-0.15, -0.1) is 0 Å². The maximum absolute atomic E-state index is 13.9. The average molecular weight is 571 g/mol. The van der Waals surface area contributed by atoms with Crippen LogP contribution in [0.15, 0.2) is 96.0 Å². The van der Waals surface area contributed by atoms with Crippen LogP contribution in [0.1, 0.15) is 41.9 Å². The first kappa shape index (κ1) is 30.5. The van der Waals surface area contributed by atoms with Crippen LogP contribution in [-0.2, 0) is 9.59 Å². The molecule has 220 valence electrons. The predicted octanol–water partition coefficient (Wildman–Crippen LogP) is 3.40. The van der Waals surface area contributed by atoms with Crippen LogP contribution in [0.2, 0.25) is 0 Å². The Labute approximate surface area is 246 Å². The smallest absolute Gasteiger partial charge is 0.244 e. The molecule has 0 saturated carbocycles. The molecule has 4 rings (SSSR count). The van der Waals surface area contributed by atoms with Crippen molar-refractivity contribution in [3.8, 4) is 0 Å². The fraction of sp³-hybridized carbons (Fsp3) is 0.303. The number of guanidine groups is 1. The number of hydrogen-bond acceptors (Lipinski definition) is 4. The summed E-state index contributed by atoms with van der Waals surface area (Å²) in [5, 5.41) is 6.43. The fourth-order valence-corrected chi connectivity index (χ4v) is 5.16. The number of nitrogens with zero attached hydrogens (tertiary/aromatic N) is 2. The van der Waals surface area contributed by atoms with Gasteiger partial charge < -0.3 is 27.0 Å². The number of carbonyl (C=O) groups is 2. The summed E-state index contributed by atoms with van der Waals surface area (Å²) in [7, 11) is 0. The lowest BCUT2D eigenvalue weighted by Crippen LogP contribution is -2.49. The van der Waals surface area contributed by atoms with Gasteiger partial charge in [-0.25, -0.2) is 4.39 Å². The molecule has 2 amide bonds. The van der Waals surface area contributed by atoms with Crippen molar-refractivity contribution in [2.45, 2.75) is 37.3 Å². The predicted molar refractivity (Wildman–Crippen MR) is 165 cm³/mol. The summed E-state index contributed by atoms with van der Waals surface area (Å²) in [6.45, 7) is 1.88. The van der Waals surface area contributed by atoms with Gasteiger partial charge in [0.1, 0.15) is 5.82 Å². The lowest BCUT2D eigenvalue weighted by atomic mass is 9.90. The highest BCUT2D eigenvalue weighted by Crippen LogP contribution is 2.27. The van der Waals surface area contributed by atoms with Crippen molar-refractivity contribution in [2.75, 3.05) is 26.2 Å². The summed E-state index contributed by atoms with van der Waals surface area (Å²) in [5.41, 5.74) is 14.0. The highest BCUT2D eigenvalue weighted by atomic mass is 19.1. The molecule has 0 radical (unpaired) electrons. The van der Waals surface area contributed by atoms with Crippen molar-refractivity contribution < 1.29 is 14.0 Å². The molecule has 3 aromatic carbocycles. The van der Waals surface area contributed by atoms with Gasteiger partial charge in [-0.2, -0.15) is 0 Å². The van der Waals surface area contributed by atoms with Gasteiger partial charge in [0.25, 0.3) is 0 Å². The molecule has 0 aliphatic carbocycles. The molecular formula is C33H39FN6O2. The Morgan fingerprint density at radius 3 is 2.29 bits per heavy atom. The van der Waals surface area contributed by atoms with Gasteiger partial charge in [-0.1, -0.05) is 72.8 Å². The van der Waals surface area contributed by atoms with Crippen LogP contribution in [0.3, 0.4) is 0 Å². The summed E-state index contributed by atoms with van der Waals surface area (Å²) in [4.78, 5) is 32.4. The zero-order chi connectivity index (χ0) is 29.7. The Bertz CT molecular complexity index is 1300. The first-order chi connectivity index (χ1) is 20.4. The molecule has 1 aliphatic heterocycles. The lowest BCUT2D eigenvalue weighted by molar-refractivity contribution is -0.133. The summed E-state index contributed by atoms with van der Waals surface area (Å²) in [6.07, 6.45) is 4.94. The second-order valence-corrected chi connectivity index (χ2v) is 10.4. The van der Waals surface area contributed by atoms with Gasteiger partial charge in [0.2, 0.25) is 11.8 Å². The van der Waals surface area contributed by atoms with Crippen LogP contribution in [0, 0.1) is 5.82 Å². The SMILES string of the molecule is NC(N)=NCCCC1NC(CNC(=O)/C=C/c2ccc(F)cc2)CCN(CC(c2ccccc2)c2ccccc2)C1=O. The van der Waals surface area contributed by atoms with Gasteiger partial charge in [-0.3, -0.25) is 14.6 Å². The number of hydrogen-bond donors (Lipinski definition) is 4. The molecule has 42 heavy (non-hydrogen) atoms. The third-order valence-electron chi connectivity index (χ3n) is 7.37. The Balaban J connectivity index is 1.46. The molecule has 0 bridgehead atoms. The molecular weight excluding hydrogens is 531 g/mol. The van der Waals surface area contributed by atoms with Crippen molar-refractivity contribution in [1.82, 2.24) is 15.5 Å². The number of rotatable bonds is 12. The number of benzene rings is 3. The topological polar surface area (TPSA) is 126 Å². The normalized spacial score (nSPS) is 17.3. The third kappa shape index (κ3) is 9.27. The number of nitrogens with two attached hydrogens (primary N) is 2. The zero-order valence-electron chi connectivity index (χ0n) is 23.7. The van der Waals surface area contributed by atoms with E-state index in [0.29, 0.717) is 45.4 Å². The molecule has 8 nitrogen and oxygen atoms in total. The Morgan fingerprint density at radius 2 is 1.67 bits per heavy atom. The second kappa shape index (κ2) is 15.5. The van der Waals surface area contributed by atoms with E-state index in [1.165, 1.54) is 18.2 Å². The molecule has 1 fully saturated rings. The van der Waals surface area contributed by atoms with Gasteiger partial charge in [0.05, 0.1) is 6.04 Å². The molecule has 2 atom stereocenters. The van der Waals surface area contributed by atoms with Gasteiger partial charge >= 0.3 is 0 Å². The zero-order valence-corrected chi connectivity index (χ0v) is 23.7. The lowest BCUT2D eigenvalue weighted by Gasteiger charge is -2.29. The molecule has 1 heterocycles. The molecule has 1 aliphatic rings. The fourth-order valence-electron chi connectivity index (χ4n) is 5.16. The van der Waals surface area contributed by atoms with Crippen LogP contribution >= 0.6 is 0 Å². The van der Waals surface area contributed by atoms with E-state index in [2.05, 4.69) is 39.9 Å². The van der Waals surface area contributed by atoms with Gasteiger partial charge in [-0.05, 0) is 54.2 Å². The molecule has 3 aromatic rings. The number of aliphatic imine (C=N–C) groups is 1. The van der Waals surface area contributed by atoms with Gasteiger partial charge in [0.15, 0.2) is 5.96 Å². The first-order valence-electron chi connectivity index (χ1n) is 14.3. The van der Waals surface area contributed by atoms with Crippen molar-refractivity contribution in [2.24, 2.45) is 16.5 Å². The standard InChI is InChI=1S/C33H39FN6O2/c34-27-16-13-24(14-17-27)15-18-31(41)38-22-28-19-21-40(32(42)30(39-28)12-7-20-37-33(35)36)23-29(25-8-3-1-4-9-25)26-10-5-2-6-11-26/h1-6,8-11,13-18,28-30,39H,7,12,19-23H2,(H,38,41)(H4,35,36,37)/b18-15+. The van der Waals surface area contributed by atoms with E-state index in [-0.39, 0.29) is 35.6 Å². The molecule has 0 spiro atoms. The maximum atomic E-state index is 13.9. The third-order valence-corrected chi connectivity index (χ3v) is 7.37. The van der Waals surface area contributed by atoms with E-state index in [1.54, 1.807) is 18.2 Å². The monoisotopic (exact) mass is 570 g/mol. The number of amides is 2. The maximum Gasteiger partial charge on any atom is 0.244 e. The number of nitrogens with one attached hydrogen (secondary N) is 2. The summed E-state index contributed by atoms with van der Waals surface area (Å²) >= 11 is 0. The highest BCUT2D eigenvalue weighted by Gasteiger charge is 2.32. The van der Waals surface area contributed by atoms with Crippen LogP contribution in [-0.4, -0.2) is 60.9 Å². The van der Waals surface area contributed by atoms with E-state index in [1.807, 2.05) is 41.3 Å². The van der Waals surface area contributed by atoms with Crippen LogP contribution < -0.4 is 22.1 Å². The summed E-state index contributed by atoms with van der Waals surface area (Å²) in [5.74, 6) is -0.509. The van der Waals surface area contributed by atoms with E-state index < -0.39 is 6.04 Å². The van der Waals surface area contributed by atoms with Crippen molar-refractivity contribution >= 4 is 23.8 Å². The van der Waals surface area contributed by atoms with E-state index >= 15 is 0 Å². The molecule has 6 N–H and O–H groups in total. The molecule has 1 saturated heterocycles. The molecule has 9 heteroatoms. The van der Waals surface area contributed by atoms with Crippen molar-refractivity contribution in [1.29, 1.82) is 0 Å². The van der Waals surface area contributed by atoms with Crippen molar-refractivity contribution in [3.05, 3.63) is 114 Å². The van der Waals surface area contributed by atoms with Crippen LogP contribution in [0.5, 0.6) is 0 Å². The Kier molecular flexibility index (Phi) is 11.2. The summed E-state index contributed by atoms with van der Waals surface area (Å²) < 4.78 is 13.2. The highest BCUT2D eigenvalue weighted by molar-refractivity contribution is 5.91. The van der Waals surface area contributed by atoms with E-state index in [9.17, 15) is 14.0 Å². The van der Waals surface area contributed by atoms with Crippen molar-refractivity contribution in [3.63, 3.8) is 0 Å². The van der Waals surface area contributed by atoms with Crippen LogP contribution in [0.25, 0.3) is 6.08 Å². The largest absolute Gasteiger partial charge is 0.370 e. The van der Waals surface area contributed by atoms with Crippen LogP contribution in [0.4, 0.5) is 4.39 Å². The Hall–Kier alpha value is -4.50. The molecule has 0 aromatic heterocycles. The minimum absolute atomic E-state index is 0.0199. The minimum Gasteiger partial charge on any atom is -0.370 e. The summed E-state index contributed by atoms with van der Waals surface area (Å²) in [6, 6.07) is 25.8.